The molecule has 1 fully saturated rings. The zero-order valence-electron chi connectivity index (χ0n) is 20.0. The fourth-order valence-corrected chi connectivity index (χ4v) is 9.02. The first kappa shape index (κ1) is 24.6. The highest BCUT2D eigenvalue weighted by Crippen LogP contribution is 2.66. The Kier molecular flexibility index (Phi) is 8.16. The van der Waals surface area contributed by atoms with Crippen molar-refractivity contribution in [3.63, 3.8) is 0 Å². The number of hydrogen-bond acceptors (Lipinski definition) is 3. The van der Waals surface area contributed by atoms with Crippen LogP contribution in [0.3, 0.4) is 0 Å². The van der Waals surface area contributed by atoms with Gasteiger partial charge in [0.25, 0.3) is 6.57 Å². The minimum Gasteiger partial charge on any atom is -0.317 e. The molecule has 2 nitrogen and oxygen atoms in total. The molecule has 0 spiro atoms. The summed E-state index contributed by atoms with van der Waals surface area (Å²) < 4.78 is 21.0. The first-order chi connectivity index (χ1) is 14.6. The predicted molar refractivity (Wildman–Crippen MR) is 135 cm³/mol. The van der Waals surface area contributed by atoms with Crippen molar-refractivity contribution in [3.8, 4) is 0 Å². The van der Waals surface area contributed by atoms with Crippen LogP contribution in [0, 0.1) is 17.8 Å². The van der Waals surface area contributed by atoms with E-state index in [1.54, 1.807) is 0 Å². The molecule has 0 N–H and O–H groups in total. The fourth-order valence-electron chi connectivity index (χ4n) is 4.52. The highest BCUT2D eigenvalue weighted by atomic mass is 32.7. The van der Waals surface area contributed by atoms with E-state index in [2.05, 4.69) is 77.9 Å². The summed E-state index contributed by atoms with van der Waals surface area (Å²) in [6.07, 6.45) is 3.95. The van der Waals surface area contributed by atoms with Crippen molar-refractivity contribution < 1.29 is 9.09 Å². The van der Waals surface area contributed by atoms with Crippen molar-refractivity contribution in [2.75, 3.05) is 0 Å². The van der Waals surface area contributed by atoms with Crippen LogP contribution in [0.25, 0.3) is 0 Å². The Morgan fingerprint density at radius 3 is 2.26 bits per heavy atom. The quantitative estimate of drug-likeness (QED) is 0.387. The van der Waals surface area contributed by atoms with E-state index in [0.717, 1.165) is 16.9 Å². The topological polar surface area (TPSA) is 26.3 Å². The summed E-state index contributed by atoms with van der Waals surface area (Å²) in [4.78, 5) is 1.03. The zero-order valence-corrected chi connectivity index (χ0v) is 21.7. The molecule has 4 heteroatoms. The van der Waals surface area contributed by atoms with Crippen molar-refractivity contribution in [2.24, 2.45) is 17.8 Å². The molecule has 0 radical (unpaired) electrons. The van der Waals surface area contributed by atoms with Crippen LogP contribution in [0.1, 0.15) is 71.9 Å². The summed E-state index contributed by atoms with van der Waals surface area (Å²) in [6, 6.07) is 18.7. The minimum atomic E-state index is -2.97. The molecule has 0 saturated heterocycles. The van der Waals surface area contributed by atoms with Gasteiger partial charge in [-0.25, -0.2) is 0 Å². The molecule has 0 heterocycles. The van der Waals surface area contributed by atoms with Gasteiger partial charge in [0.15, 0.2) is 0 Å². The lowest BCUT2D eigenvalue weighted by atomic mass is 9.75. The lowest BCUT2D eigenvalue weighted by Gasteiger charge is -2.38. The molecule has 1 saturated carbocycles. The maximum Gasteiger partial charge on any atom is 0.266 e. The summed E-state index contributed by atoms with van der Waals surface area (Å²) in [6.45, 7) is 10.5. The van der Waals surface area contributed by atoms with E-state index in [1.165, 1.54) is 29.8 Å². The Bertz CT molecular complexity index is 870. The van der Waals surface area contributed by atoms with Gasteiger partial charge in [0, 0.05) is 4.90 Å². The third-order valence-corrected chi connectivity index (χ3v) is 10.7. The van der Waals surface area contributed by atoms with E-state index in [0.29, 0.717) is 23.9 Å². The maximum absolute atomic E-state index is 14.3. The first-order valence-corrected chi connectivity index (χ1v) is 14.9. The van der Waals surface area contributed by atoms with Gasteiger partial charge in [-0.1, -0.05) is 90.4 Å². The standard InChI is InChI=1S/C27H39O2PS/c1-20(2)25-17-12-21(3)18-26(25)29-30(28,19-22-10-8-7-9-11-22)31-24-15-13-23(14-16-24)27(4,5)6/h7-11,13-16,20-21,25-26H,12,17-19H2,1-6H3/t21-,25+,26-,30-/m1/s1. The zero-order chi connectivity index (χ0) is 22.6. The molecular formula is C27H39O2PS. The molecule has 0 amide bonds. The molecule has 0 aromatic heterocycles. The Morgan fingerprint density at radius 1 is 1.03 bits per heavy atom. The number of hydrogen-bond donors (Lipinski definition) is 0. The molecule has 170 valence electrons. The van der Waals surface area contributed by atoms with Crippen LogP contribution in [-0.4, -0.2) is 6.10 Å². The van der Waals surface area contributed by atoms with Crippen molar-refractivity contribution in [1.82, 2.24) is 0 Å². The summed E-state index contributed by atoms with van der Waals surface area (Å²) in [5.74, 6) is 1.64. The van der Waals surface area contributed by atoms with Gasteiger partial charge in [-0.3, -0.25) is 4.57 Å². The second kappa shape index (κ2) is 10.3. The van der Waals surface area contributed by atoms with Gasteiger partial charge in [-0.05, 0) is 70.7 Å². The van der Waals surface area contributed by atoms with Gasteiger partial charge in [-0.2, -0.15) is 0 Å². The second-order valence-corrected chi connectivity index (χ2v) is 15.2. The lowest BCUT2D eigenvalue weighted by molar-refractivity contribution is 0.0509. The molecule has 0 bridgehead atoms. The summed E-state index contributed by atoms with van der Waals surface area (Å²) in [7, 11) is 0. The largest absolute Gasteiger partial charge is 0.317 e. The maximum atomic E-state index is 14.3. The molecule has 4 atom stereocenters. The summed E-state index contributed by atoms with van der Waals surface area (Å²) >= 11 is 1.45. The van der Waals surface area contributed by atoms with Crippen molar-refractivity contribution in [1.29, 1.82) is 0 Å². The van der Waals surface area contributed by atoms with Gasteiger partial charge < -0.3 is 4.52 Å². The molecule has 31 heavy (non-hydrogen) atoms. The van der Waals surface area contributed by atoms with Gasteiger partial charge in [0.2, 0.25) is 0 Å². The van der Waals surface area contributed by atoms with Crippen molar-refractivity contribution in [3.05, 3.63) is 65.7 Å². The normalized spacial score (nSPS) is 24.2. The van der Waals surface area contributed by atoms with E-state index in [1.807, 2.05) is 18.2 Å². The van der Waals surface area contributed by atoms with E-state index in [9.17, 15) is 4.57 Å². The molecule has 3 rings (SSSR count). The van der Waals surface area contributed by atoms with Crippen LogP contribution < -0.4 is 0 Å². The molecule has 0 unspecified atom stereocenters. The average Bonchev–Trinajstić information content (AvgIpc) is 2.68. The molecule has 2 aromatic carbocycles. The smallest absolute Gasteiger partial charge is 0.266 e. The third-order valence-electron chi connectivity index (χ3n) is 6.44. The molecule has 1 aliphatic rings. The van der Waals surface area contributed by atoms with Gasteiger partial charge in [0.05, 0.1) is 12.3 Å². The van der Waals surface area contributed by atoms with E-state index < -0.39 is 6.57 Å². The first-order valence-electron chi connectivity index (χ1n) is 11.7. The van der Waals surface area contributed by atoms with Crippen LogP contribution in [0.2, 0.25) is 0 Å². The Hall–Kier alpha value is -1.02. The van der Waals surface area contributed by atoms with E-state index in [-0.39, 0.29) is 11.5 Å². The minimum absolute atomic E-state index is 0.0691. The van der Waals surface area contributed by atoms with Crippen molar-refractivity contribution in [2.45, 2.75) is 83.4 Å². The highest BCUT2D eigenvalue weighted by Gasteiger charge is 2.37. The number of rotatable bonds is 7. The Morgan fingerprint density at radius 2 is 1.68 bits per heavy atom. The number of benzene rings is 2. The van der Waals surface area contributed by atoms with Gasteiger partial charge in [0.1, 0.15) is 0 Å². The third kappa shape index (κ3) is 6.98. The second-order valence-electron chi connectivity index (χ2n) is 10.6. The van der Waals surface area contributed by atoms with Crippen LogP contribution in [0.15, 0.2) is 59.5 Å². The summed E-state index contributed by atoms with van der Waals surface area (Å²) in [5, 5.41) is 0. The van der Waals surface area contributed by atoms with Gasteiger partial charge >= 0.3 is 0 Å². The molecule has 0 aliphatic heterocycles. The predicted octanol–water partition coefficient (Wildman–Crippen LogP) is 8.95. The monoisotopic (exact) mass is 458 g/mol. The summed E-state index contributed by atoms with van der Waals surface area (Å²) in [5.41, 5.74) is 2.47. The fraction of sp³-hybridized carbons (Fsp3) is 0.556. The molecular weight excluding hydrogens is 419 g/mol. The van der Waals surface area contributed by atoms with Crippen LogP contribution >= 0.6 is 18.0 Å². The van der Waals surface area contributed by atoms with Gasteiger partial charge in [-0.15, -0.1) is 0 Å². The highest BCUT2D eigenvalue weighted by molar-refractivity contribution is 8.56. The van der Waals surface area contributed by atoms with E-state index >= 15 is 0 Å². The van der Waals surface area contributed by atoms with Crippen molar-refractivity contribution >= 4 is 18.0 Å². The van der Waals surface area contributed by atoms with Crippen LogP contribution in [0.5, 0.6) is 0 Å². The van der Waals surface area contributed by atoms with Crippen LogP contribution in [-0.2, 0) is 20.7 Å². The molecule has 2 aromatic rings. The Balaban J connectivity index is 1.86. The lowest BCUT2D eigenvalue weighted by Crippen LogP contribution is -2.33. The SMILES string of the molecule is CC(C)[C@@H]1CC[C@@H](C)C[C@H]1O[P@](=O)(Cc1ccccc1)Sc1ccc(C(C)(C)C)cc1. The van der Waals surface area contributed by atoms with E-state index in [4.69, 9.17) is 4.52 Å². The average molecular weight is 459 g/mol. The molecule has 1 aliphatic carbocycles. The Labute approximate surface area is 193 Å². The van der Waals surface area contributed by atoms with Crippen LogP contribution in [0.4, 0.5) is 0 Å².